The van der Waals surface area contributed by atoms with Crippen LogP contribution in [0.3, 0.4) is 0 Å². The molecular formula is C20H21F3N4O2. The highest BCUT2D eigenvalue weighted by Gasteiger charge is 2.32. The summed E-state index contributed by atoms with van der Waals surface area (Å²) in [6.45, 7) is 1.13. The van der Waals surface area contributed by atoms with Gasteiger partial charge in [-0.25, -0.2) is 0 Å². The monoisotopic (exact) mass is 406 g/mol. The van der Waals surface area contributed by atoms with Crippen LogP contribution in [0.2, 0.25) is 0 Å². The first-order chi connectivity index (χ1) is 13.8. The zero-order valence-corrected chi connectivity index (χ0v) is 15.9. The van der Waals surface area contributed by atoms with E-state index in [1.165, 1.54) is 12.1 Å². The highest BCUT2D eigenvalue weighted by molar-refractivity contribution is 5.94. The number of piperidine rings is 1. The summed E-state index contributed by atoms with van der Waals surface area (Å²) in [5.74, 6) is -0.539. The van der Waals surface area contributed by atoms with Gasteiger partial charge in [0, 0.05) is 44.0 Å². The molecule has 2 heterocycles. The van der Waals surface area contributed by atoms with Gasteiger partial charge in [0.15, 0.2) is 0 Å². The van der Waals surface area contributed by atoms with E-state index in [1.54, 1.807) is 35.4 Å². The van der Waals surface area contributed by atoms with Crippen molar-refractivity contribution in [2.24, 2.45) is 5.92 Å². The fourth-order valence-electron chi connectivity index (χ4n) is 3.36. The Morgan fingerprint density at radius 2 is 1.79 bits per heavy atom. The Hall–Kier alpha value is -2.97. The molecular weight excluding hydrogens is 385 g/mol. The lowest BCUT2D eigenvalue weighted by molar-refractivity contribution is -0.137. The van der Waals surface area contributed by atoms with Gasteiger partial charge in [-0.1, -0.05) is 0 Å². The molecule has 0 unspecified atom stereocenters. The molecule has 0 N–H and O–H groups in total. The van der Waals surface area contributed by atoms with Gasteiger partial charge in [0.05, 0.1) is 24.0 Å². The van der Waals surface area contributed by atoms with Crippen molar-refractivity contribution in [1.82, 2.24) is 19.8 Å². The number of alkyl halides is 3. The molecule has 0 aliphatic carbocycles. The molecule has 1 fully saturated rings. The molecule has 0 spiro atoms. The lowest BCUT2D eigenvalue weighted by atomic mass is 9.94. The lowest BCUT2D eigenvalue weighted by Crippen LogP contribution is -2.43. The van der Waals surface area contributed by atoms with Crippen LogP contribution < -0.4 is 0 Å². The second-order valence-corrected chi connectivity index (χ2v) is 7.03. The van der Waals surface area contributed by atoms with Gasteiger partial charge in [0.1, 0.15) is 0 Å². The van der Waals surface area contributed by atoms with Crippen LogP contribution in [-0.2, 0) is 17.5 Å². The van der Waals surface area contributed by atoms with E-state index in [2.05, 4.69) is 9.97 Å². The quantitative estimate of drug-likeness (QED) is 0.783. The minimum Gasteiger partial charge on any atom is -0.340 e. The third kappa shape index (κ3) is 5.10. The van der Waals surface area contributed by atoms with Crippen LogP contribution in [0.15, 0.2) is 42.9 Å². The summed E-state index contributed by atoms with van der Waals surface area (Å²) < 4.78 is 38.0. The van der Waals surface area contributed by atoms with E-state index in [-0.39, 0.29) is 23.3 Å². The maximum absolute atomic E-state index is 12.7. The predicted octanol–water partition coefficient (Wildman–Crippen LogP) is 3.01. The first-order valence-electron chi connectivity index (χ1n) is 9.22. The number of amides is 2. The second kappa shape index (κ2) is 8.59. The third-order valence-electron chi connectivity index (χ3n) is 4.98. The van der Waals surface area contributed by atoms with E-state index in [0.717, 1.165) is 12.1 Å². The zero-order chi connectivity index (χ0) is 21.0. The summed E-state index contributed by atoms with van der Waals surface area (Å²) in [4.78, 5) is 36.5. The smallest absolute Gasteiger partial charge is 0.340 e. The summed E-state index contributed by atoms with van der Waals surface area (Å²) in [6.07, 6.45) is 1.33. The number of aromatic nitrogens is 2. The molecule has 1 aliphatic heterocycles. The number of hydrogen-bond donors (Lipinski definition) is 0. The maximum Gasteiger partial charge on any atom is 0.416 e. The fourth-order valence-corrected chi connectivity index (χ4v) is 3.36. The summed E-state index contributed by atoms with van der Waals surface area (Å²) in [5.41, 5.74) is 0.116. The minimum atomic E-state index is -4.43. The molecule has 0 radical (unpaired) electrons. The minimum absolute atomic E-state index is 0.0164. The first-order valence-corrected chi connectivity index (χ1v) is 9.22. The van der Waals surface area contributed by atoms with Gasteiger partial charge in [0.25, 0.3) is 5.91 Å². The Bertz CT molecular complexity index is 848. The highest BCUT2D eigenvalue weighted by Crippen LogP contribution is 2.29. The summed E-state index contributed by atoms with van der Waals surface area (Å²) >= 11 is 0. The number of hydrogen-bond acceptors (Lipinski definition) is 4. The fraction of sp³-hybridized carbons (Fsp3) is 0.400. The largest absolute Gasteiger partial charge is 0.416 e. The van der Waals surface area contributed by atoms with E-state index in [4.69, 9.17) is 0 Å². The van der Waals surface area contributed by atoms with Gasteiger partial charge in [-0.05, 0) is 37.1 Å². The van der Waals surface area contributed by atoms with E-state index >= 15 is 0 Å². The van der Waals surface area contributed by atoms with E-state index < -0.39 is 11.7 Å². The van der Waals surface area contributed by atoms with Crippen LogP contribution in [-0.4, -0.2) is 51.7 Å². The topological polar surface area (TPSA) is 66.4 Å². The first kappa shape index (κ1) is 20.8. The Kier molecular flexibility index (Phi) is 6.14. The molecule has 3 rings (SSSR count). The third-order valence-corrected chi connectivity index (χ3v) is 4.98. The molecule has 1 saturated heterocycles. The van der Waals surface area contributed by atoms with Crippen molar-refractivity contribution in [2.75, 3.05) is 20.1 Å². The van der Waals surface area contributed by atoms with Crippen molar-refractivity contribution < 1.29 is 22.8 Å². The maximum atomic E-state index is 12.7. The van der Waals surface area contributed by atoms with E-state index in [0.29, 0.717) is 38.2 Å². The molecule has 2 aromatic rings. The van der Waals surface area contributed by atoms with Crippen molar-refractivity contribution >= 4 is 11.8 Å². The average Bonchev–Trinajstić information content (AvgIpc) is 2.73. The van der Waals surface area contributed by atoms with Crippen molar-refractivity contribution in [2.45, 2.75) is 25.6 Å². The summed E-state index contributed by atoms with van der Waals surface area (Å²) in [6, 6.07) is 4.20. The second-order valence-electron chi connectivity index (χ2n) is 7.03. The van der Waals surface area contributed by atoms with Crippen LogP contribution in [0.25, 0.3) is 0 Å². The van der Waals surface area contributed by atoms with Gasteiger partial charge in [-0.2, -0.15) is 13.2 Å². The number of nitrogens with zero attached hydrogens (tertiary/aromatic N) is 4. The van der Waals surface area contributed by atoms with Gasteiger partial charge < -0.3 is 9.80 Å². The number of likely N-dealkylation sites (tertiary alicyclic amines) is 1. The van der Waals surface area contributed by atoms with Crippen LogP contribution in [0, 0.1) is 5.92 Å². The number of carbonyl (C=O) groups is 2. The number of rotatable bonds is 4. The van der Waals surface area contributed by atoms with E-state index in [1.807, 2.05) is 0 Å². The Balaban J connectivity index is 1.54. The van der Waals surface area contributed by atoms with Crippen LogP contribution in [0.1, 0.15) is 34.5 Å². The van der Waals surface area contributed by atoms with Crippen LogP contribution in [0.5, 0.6) is 0 Å². The van der Waals surface area contributed by atoms with Crippen LogP contribution >= 0.6 is 0 Å². The van der Waals surface area contributed by atoms with Crippen molar-refractivity contribution in [3.05, 3.63) is 59.7 Å². The van der Waals surface area contributed by atoms with Gasteiger partial charge in [0.2, 0.25) is 5.91 Å². The Labute approximate surface area is 166 Å². The zero-order valence-electron chi connectivity index (χ0n) is 15.9. The molecule has 154 valence electrons. The van der Waals surface area contributed by atoms with E-state index in [9.17, 15) is 22.8 Å². The average molecular weight is 406 g/mol. The Morgan fingerprint density at radius 3 is 2.34 bits per heavy atom. The number of carbonyl (C=O) groups excluding carboxylic acids is 2. The molecule has 0 bridgehead atoms. The Morgan fingerprint density at radius 1 is 1.14 bits per heavy atom. The molecule has 0 atom stereocenters. The normalized spacial score (nSPS) is 15.2. The molecule has 29 heavy (non-hydrogen) atoms. The number of halogens is 3. The standard InChI is InChI=1S/C20H21F3N4O2/c1-26(13-17-12-24-8-9-25-17)18(28)15-6-10-27(11-7-15)19(29)14-2-4-16(5-3-14)20(21,22)23/h2-5,8-9,12,15H,6-7,10-11,13H2,1H3. The molecule has 6 nitrogen and oxygen atoms in total. The van der Waals surface area contributed by atoms with Crippen molar-refractivity contribution in [3.63, 3.8) is 0 Å². The molecule has 1 aliphatic rings. The van der Waals surface area contributed by atoms with Crippen LogP contribution in [0.4, 0.5) is 13.2 Å². The van der Waals surface area contributed by atoms with Gasteiger partial charge in [-0.3, -0.25) is 19.6 Å². The molecule has 9 heteroatoms. The molecule has 2 amide bonds. The summed E-state index contributed by atoms with van der Waals surface area (Å²) in [7, 11) is 1.71. The molecule has 1 aromatic heterocycles. The van der Waals surface area contributed by atoms with Gasteiger partial charge in [-0.15, -0.1) is 0 Å². The molecule has 1 aromatic carbocycles. The number of benzene rings is 1. The highest BCUT2D eigenvalue weighted by atomic mass is 19.4. The van der Waals surface area contributed by atoms with Crippen molar-refractivity contribution in [1.29, 1.82) is 0 Å². The van der Waals surface area contributed by atoms with Crippen molar-refractivity contribution in [3.8, 4) is 0 Å². The summed E-state index contributed by atoms with van der Waals surface area (Å²) in [5, 5.41) is 0. The SMILES string of the molecule is CN(Cc1cnccn1)C(=O)C1CCN(C(=O)c2ccc(C(F)(F)F)cc2)CC1. The molecule has 0 saturated carbocycles. The van der Waals surface area contributed by atoms with Gasteiger partial charge >= 0.3 is 6.18 Å². The lowest BCUT2D eigenvalue weighted by Gasteiger charge is -2.33. The predicted molar refractivity (Wildman–Crippen MR) is 98.6 cm³/mol.